The summed E-state index contributed by atoms with van der Waals surface area (Å²) < 4.78 is 5.13. The van der Waals surface area contributed by atoms with Gasteiger partial charge < -0.3 is 15.1 Å². The molecule has 2 aromatic rings. The lowest BCUT2D eigenvalue weighted by atomic mass is 10.1. The predicted octanol–water partition coefficient (Wildman–Crippen LogP) is 1.95. The van der Waals surface area contributed by atoms with Crippen LogP contribution in [0, 0.1) is 6.92 Å². The highest BCUT2D eigenvalue weighted by Gasteiger charge is 2.15. The summed E-state index contributed by atoms with van der Waals surface area (Å²) in [4.78, 5) is 23.8. The number of carbonyl (C=O) groups excluding carboxylic acids is 2. The maximum absolute atomic E-state index is 11.9. The van der Waals surface area contributed by atoms with E-state index in [1.165, 1.54) is 0 Å². The number of rotatable bonds is 6. The first kappa shape index (κ1) is 15.8. The molecule has 2 N–H and O–H groups in total. The Morgan fingerprint density at radius 2 is 1.91 bits per heavy atom. The van der Waals surface area contributed by atoms with Crippen molar-refractivity contribution >= 4 is 11.8 Å². The Morgan fingerprint density at radius 1 is 1.18 bits per heavy atom. The van der Waals surface area contributed by atoms with Gasteiger partial charge in [0.1, 0.15) is 11.8 Å². The van der Waals surface area contributed by atoms with Crippen LogP contribution in [0.4, 0.5) is 0 Å². The number of carbonyl (C=O) groups is 2. The van der Waals surface area contributed by atoms with Gasteiger partial charge in [0, 0.05) is 0 Å². The summed E-state index contributed by atoms with van der Waals surface area (Å²) in [6.45, 7) is 3.96. The number of benzene rings is 1. The average molecular weight is 300 g/mol. The van der Waals surface area contributed by atoms with E-state index in [1.807, 2.05) is 31.2 Å². The third-order valence-corrected chi connectivity index (χ3v) is 3.27. The largest absolute Gasteiger partial charge is 0.467 e. The van der Waals surface area contributed by atoms with Crippen LogP contribution in [-0.2, 0) is 22.6 Å². The van der Waals surface area contributed by atoms with Crippen molar-refractivity contribution in [3.8, 4) is 0 Å². The highest BCUT2D eigenvalue weighted by molar-refractivity contribution is 5.88. The summed E-state index contributed by atoms with van der Waals surface area (Å²) in [7, 11) is 0. The second-order valence-corrected chi connectivity index (χ2v) is 5.25. The number of hydrogen-bond acceptors (Lipinski definition) is 3. The molecule has 1 heterocycles. The maximum atomic E-state index is 11.9. The molecule has 0 fully saturated rings. The highest BCUT2D eigenvalue weighted by Crippen LogP contribution is 2.04. The molecule has 5 nitrogen and oxygen atoms in total. The van der Waals surface area contributed by atoms with E-state index >= 15 is 0 Å². The molecule has 0 aliphatic rings. The van der Waals surface area contributed by atoms with Crippen LogP contribution in [-0.4, -0.2) is 17.9 Å². The van der Waals surface area contributed by atoms with Gasteiger partial charge in [0.25, 0.3) is 0 Å². The van der Waals surface area contributed by atoms with Crippen molar-refractivity contribution in [3.63, 3.8) is 0 Å². The van der Waals surface area contributed by atoms with Crippen molar-refractivity contribution in [2.24, 2.45) is 0 Å². The number of furan rings is 1. The molecular formula is C17H20N2O3. The molecule has 116 valence electrons. The fourth-order valence-electron chi connectivity index (χ4n) is 1.99. The molecule has 0 aliphatic carbocycles. The van der Waals surface area contributed by atoms with E-state index in [9.17, 15) is 9.59 Å². The maximum Gasteiger partial charge on any atom is 0.242 e. The Balaban J connectivity index is 1.77. The van der Waals surface area contributed by atoms with E-state index in [0.29, 0.717) is 12.3 Å². The van der Waals surface area contributed by atoms with Crippen molar-refractivity contribution in [1.29, 1.82) is 0 Å². The molecule has 1 atom stereocenters. The summed E-state index contributed by atoms with van der Waals surface area (Å²) in [6, 6.07) is 10.7. The van der Waals surface area contributed by atoms with Gasteiger partial charge in [-0.05, 0) is 31.5 Å². The van der Waals surface area contributed by atoms with Gasteiger partial charge in [-0.25, -0.2) is 0 Å². The summed E-state index contributed by atoms with van der Waals surface area (Å²) in [6.07, 6.45) is 1.81. The molecule has 0 unspecified atom stereocenters. The molecule has 0 radical (unpaired) electrons. The van der Waals surface area contributed by atoms with Crippen LogP contribution in [0.1, 0.15) is 23.8 Å². The number of aryl methyl sites for hydroxylation is 1. The molecule has 5 heteroatoms. The minimum atomic E-state index is -0.590. The Morgan fingerprint density at radius 3 is 2.55 bits per heavy atom. The fourth-order valence-corrected chi connectivity index (χ4v) is 1.99. The molecule has 2 rings (SSSR count). The van der Waals surface area contributed by atoms with Gasteiger partial charge in [0.05, 0.1) is 19.2 Å². The first-order chi connectivity index (χ1) is 10.5. The standard InChI is InChI=1S/C17H20N2O3/c1-12-5-7-14(8-6-12)10-16(20)19-13(2)17(21)18-11-15-4-3-9-22-15/h3-9,13H,10-11H2,1-2H3,(H,18,21)(H,19,20)/t13-/m0/s1. The van der Waals surface area contributed by atoms with Gasteiger partial charge in [0.15, 0.2) is 0 Å². The minimum absolute atomic E-state index is 0.176. The Labute approximate surface area is 129 Å². The van der Waals surface area contributed by atoms with E-state index in [2.05, 4.69) is 10.6 Å². The monoisotopic (exact) mass is 300 g/mol. The molecular weight excluding hydrogens is 280 g/mol. The average Bonchev–Trinajstić information content (AvgIpc) is 3.00. The van der Waals surface area contributed by atoms with Crippen LogP contribution in [0.3, 0.4) is 0 Å². The van der Waals surface area contributed by atoms with Crippen molar-refractivity contribution in [2.45, 2.75) is 32.9 Å². The highest BCUT2D eigenvalue weighted by atomic mass is 16.3. The zero-order valence-corrected chi connectivity index (χ0v) is 12.8. The third kappa shape index (κ3) is 4.77. The van der Waals surface area contributed by atoms with Gasteiger partial charge >= 0.3 is 0 Å². The van der Waals surface area contributed by atoms with Crippen LogP contribution in [0.2, 0.25) is 0 Å². The van der Waals surface area contributed by atoms with Crippen molar-refractivity contribution in [3.05, 3.63) is 59.5 Å². The smallest absolute Gasteiger partial charge is 0.242 e. The molecule has 0 bridgehead atoms. The molecule has 1 aromatic heterocycles. The number of nitrogens with one attached hydrogen (secondary N) is 2. The lowest BCUT2D eigenvalue weighted by Crippen LogP contribution is -2.45. The van der Waals surface area contributed by atoms with Gasteiger partial charge in [-0.2, -0.15) is 0 Å². The fraction of sp³-hybridized carbons (Fsp3) is 0.294. The normalized spacial score (nSPS) is 11.7. The Bertz CT molecular complexity index is 618. The van der Waals surface area contributed by atoms with Gasteiger partial charge in [-0.1, -0.05) is 29.8 Å². The summed E-state index contributed by atoms with van der Waals surface area (Å²) >= 11 is 0. The zero-order valence-electron chi connectivity index (χ0n) is 12.8. The van der Waals surface area contributed by atoms with Crippen LogP contribution in [0.15, 0.2) is 47.1 Å². The van der Waals surface area contributed by atoms with E-state index in [4.69, 9.17) is 4.42 Å². The zero-order chi connectivity index (χ0) is 15.9. The van der Waals surface area contributed by atoms with Crippen molar-refractivity contribution in [2.75, 3.05) is 0 Å². The first-order valence-corrected chi connectivity index (χ1v) is 7.19. The van der Waals surface area contributed by atoms with Gasteiger partial charge in [-0.15, -0.1) is 0 Å². The minimum Gasteiger partial charge on any atom is -0.467 e. The van der Waals surface area contributed by atoms with Crippen molar-refractivity contribution in [1.82, 2.24) is 10.6 Å². The number of hydrogen-bond donors (Lipinski definition) is 2. The summed E-state index contributed by atoms with van der Waals surface area (Å²) in [5.41, 5.74) is 2.07. The Kier molecular flexibility index (Phi) is 5.36. The second kappa shape index (κ2) is 7.45. The summed E-state index contributed by atoms with van der Waals surface area (Å²) in [5, 5.41) is 5.41. The molecule has 1 aromatic carbocycles. The molecule has 0 aliphatic heterocycles. The molecule has 0 spiro atoms. The quantitative estimate of drug-likeness (QED) is 0.856. The van der Waals surface area contributed by atoms with Crippen molar-refractivity contribution < 1.29 is 14.0 Å². The lowest BCUT2D eigenvalue weighted by molar-refractivity contribution is -0.128. The van der Waals surface area contributed by atoms with E-state index in [0.717, 1.165) is 11.1 Å². The molecule has 2 amide bonds. The number of amides is 2. The van der Waals surface area contributed by atoms with E-state index in [-0.39, 0.29) is 18.2 Å². The molecule has 0 saturated carbocycles. The van der Waals surface area contributed by atoms with Gasteiger partial charge in [-0.3, -0.25) is 9.59 Å². The van der Waals surface area contributed by atoms with Crippen LogP contribution in [0.5, 0.6) is 0 Å². The molecule has 0 saturated heterocycles. The van der Waals surface area contributed by atoms with Gasteiger partial charge in [0.2, 0.25) is 11.8 Å². The van der Waals surface area contributed by atoms with Crippen LogP contribution < -0.4 is 10.6 Å². The van der Waals surface area contributed by atoms with Crippen LogP contribution in [0.25, 0.3) is 0 Å². The third-order valence-electron chi connectivity index (χ3n) is 3.27. The molecule has 22 heavy (non-hydrogen) atoms. The Hall–Kier alpha value is -2.56. The second-order valence-electron chi connectivity index (χ2n) is 5.25. The summed E-state index contributed by atoms with van der Waals surface area (Å²) in [5.74, 6) is 0.254. The lowest BCUT2D eigenvalue weighted by Gasteiger charge is -2.13. The SMILES string of the molecule is Cc1ccc(CC(=O)N[C@@H](C)C(=O)NCc2ccco2)cc1. The predicted molar refractivity (Wildman–Crippen MR) is 83.0 cm³/mol. The first-order valence-electron chi connectivity index (χ1n) is 7.19. The topological polar surface area (TPSA) is 71.3 Å². The van der Waals surface area contributed by atoms with Crippen LogP contribution >= 0.6 is 0 Å². The van der Waals surface area contributed by atoms with E-state index in [1.54, 1.807) is 25.3 Å². The van der Waals surface area contributed by atoms with E-state index < -0.39 is 6.04 Å².